The van der Waals surface area contributed by atoms with Crippen molar-refractivity contribution < 1.29 is 23.9 Å². The molecule has 1 fully saturated rings. The number of rotatable bonds is 6. The molecule has 1 aliphatic rings. The fourth-order valence-corrected chi connectivity index (χ4v) is 3.60. The summed E-state index contributed by atoms with van der Waals surface area (Å²) < 4.78 is 11.5. The van der Waals surface area contributed by atoms with Gasteiger partial charge in [-0.15, -0.1) is 0 Å². The lowest BCUT2D eigenvalue weighted by molar-refractivity contribution is -0.122. The maximum absolute atomic E-state index is 13.1. The zero-order valence-electron chi connectivity index (χ0n) is 17.3. The van der Waals surface area contributed by atoms with Gasteiger partial charge in [-0.25, -0.2) is 9.69 Å². The SMILES string of the molecule is C=CCOc1c(Br)cc(/C=C2\C(=O)NC(=O)N(c3ccc(C)c(C)c3)C2=O)cc1OC. The Balaban J connectivity index is 2.02. The summed E-state index contributed by atoms with van der Waals surface area (Å²) in [5.74, 6) is -0.596. The molecule has 160 valence electrons. The minimum Gasteiger partial charge on any atom is -0.493 e. The van der Waals surface area contributed by atoms with Crippen LogP contribution >= 0.6 is 15.9 Å². The number of methoxy groups -OCH3 is 1. The summed E-state index contributed by atoms with van der Waals surface area (Å²) in [6.07, 6.45) is 3.01. The van der Waals surface area contributed by atoms with Gasteiger partial charge in [-0.3, -0.25) is 14.9 Å². The number of imide groups is 2. The number of urea groups is 1. The number of carbonyl (C=O) groups excluding carboxylic acids is 3. The molecule has 0 aliphatic carbocycles. The number of aryl methyl sites for hydroxylation is 2. The molecule has 0 aromatic heterocycles. The molecule has 3 rings (SSSR count). The Bertz CT molecular complexity index is 1120. The minimum absolute atomic E-state index is 0.174. The highest BCUT2D eigenvalue weighted by Gasteiger charge is 2.37. The van der Waals surface area contributed by atoms with Gasteiger partial charge in [-0.2, -0.15) is 0 Å². The predicted octanol–water partition coefficient (Wildman–Crippen LogP) is 4.31. The van der Waals surface area contributed by atoms with Gasteiger partial charge in [0.2, 0.25) is 0 Å². The van der Waals surface area contributed by atoms with E-state index >= 15 is 0 Å². The molecule has 2 aromatic carbocycles. The van der Waals surface area contributed by atoms with E-state index in [2.05, 4.69) is 27.8 Å². The normalized spacial score (nSPS) is 15.2. The fraction of sp³-hybridized carbons (Fsp3) is 0.174. The van der Waals surface area contributed by atoms with Crippen molar-refractivity contribution in [1.82, 2.24) is 5.32 Å². The molecule has 1 heterocycles. The van der Waals surface area contributed by atoms with E-state index < -0.39 is 17.8 Å². The summed E-state index contributed by atoms with van der Waals surface area (Å²) in [5, 5.41) is 2.23. The lowest BCUT2D eigenvalue weighted by atomic mass is 10.0. The first-order valence-corrected chi connectivity index (χ1v) is 10.2. The summed E-state index contributed by atoms with van der Waals surface area (Å²) in [6.45, 7) is 7.71. The number of anilines is 1. The number of amides is 4. The summed E-state index contributed by atoms with van der Waals surface area (Å²) in [4.78, 5) is 38.9. The molecule has 2 aromatic rings. The van der Waals surface area contributed by atoms with Gasteiger partial charge in [0.1, 0.15) is 12.2 Å². The highest BCUT2D eigenvalue weighted by molar-refractivity contribution is 9.10. The Labute approximate surface area is 188 Å². The van der Waals surface area contributed by atoms with Gasteiger partial charge in [0.05, 0.1) is 17.3 Å². The molecule has 1 saturated heterocycles. The van der Waals surface area contributed by atoms with Crippen LogP contribution in [0.25, 0.3) is 6.08 Å². The highest BCUT2D eigenvalue weighted by atomic mass is 79.9. The Kier molecular flexibility index (Phi) is 6.60. The average Bonchev–Trinajstić information content (AvgIpc) is 2.72. The van der Waals surface area contributed by atoms with Gasteiger partial charge in [-0.1, -0.05) is 18.7 Å². The van der Waals surface area contributed by atoms with Crippen LogP contribution in [0, 0.1) is 13.8 Å². The molecule has 0 spiro atoms. The quantitative estimate of drug-likeness (QED) is 0.375. The van der Waals surface area contributed by atoms with Crippen LogP contribution in [0.2, 0.25) is 0 Å². The van der Waals surface area contributed by atoms with Crippen LogP contribution in [-0.2, 0) is 9.59 Å². The third-order valence-electron chi connectivity index (χ3n) is 4.76. The number of ether oxygens (including phenoxy) is 2. The molecule has 8 heteroatoms. The number of benzene rings is 2. The molecule has 4 amide bonds. The predicted molar refractivity (Wildman–Crippen MR) is 121 cm³/mol. The molecule has 0 unspecified atom stereocenters. The molecule has 0 saturated carbocycles. The highest BCUT2D eigenvalue weighted by Crippen LogP contribution is 2.37. The van der Waals surface area contributed by atoms with Crippen molar-refractivity contribution in [2.45, 2.75) is 13.8 Å². The van der Waals surface area contributed by atoms with E-state index in [1.54, 1.807) is 30.3 Å². The zero-order valence-corrected chi connectivity index (χ0v) is 18.9. The van der Waals surface area contributed by atoms with E-state index in [1.807, 2.05) is 19.9 Å². The second-order valence-electron chi connectivity index (χ2n) is 6.86. The van der Waals surface area contributed by atoms with Crippen molar-refractivity contribution in [2.24, 2.45) is 0 Å². The molecule has 1 N–H and O–H groups in total. The van der Waals surface area contributed by atoms with Crippen molar-refractivity contribution in [3.05, 3.63) is 69.7 Å². The summed E-state index contributed by atoms with van der Waals surface area (Å²) >= 11 is 3.42. The van der Waals surface area contributed by atoms with Crippen molar-refractivity contribution in [1.29, 1.82) is 0 Å². The van der Waals surface area contributed by atoms with E-state index in [1.165, 1.54) is 13.2 Å². The standard InChI is InChI=1S/C23H21BrN2O5/c1-5-8-31-20-18(24)11-15(12-19(20)30-4)10-17-21(27)25-23(29)26(22(17)28)16-7-6-13(2)14(3)9-16/h5-7,9-12H,1,8H2,2-4H3,(H,25,27,29)/b17-10+. The molecule has 0 bridgehead atoms. The fourth-order valence-electron chi connectivity index (χ4n) is 3.03. The second kappa shape index (κ2) is 9.18. The maximum atomic E-state index is 13.1. The summed E-state index contributed by atoms with van der Waals surface area (Å²) in [5.41, 5.74) is 2.67. The molecular weight excluding hydrogens is 464 g/mol. The number of nitrogens with one attached hydrogen (secondary N) is 1. The largest absolute Gasteiger partial charge is 0.493 e. The van der Waals surface area contributed by atoms with E-state index in [0.717, 1.165) is 16.0 Å². The Morgan fingerprint density at radius 3 is 2.52 bits per heavy atom. The van der Waals surface area contributed by atoms with E-state index in [0.29, 0.717) is 27.2 Å². The Morgan fingerprint density at radius 2 is 1.87 bits per heavy atom. The van der Waals surface area contributed by atoms with Gasteiger partial charge in [0.15, 0.2) is 11.5 Å². The van der Waals surface area contributed by atoms with Gasteiger partial charge in [0, 0.05) is 0 Å². The zero-order chi connectivity index (χ0) is 22.7. The van der Waals surface area contributed by atoms with Crippen molar-refractivity contribution in [3.63, 3.8) is 0 Å². The number of hydrogen-bond donors (Lipinski definition) is 1. The van der Waals surface area contributed by atoms with Crippen LogP contribution in [-0.4, -0.2) is 31.6 Å². The first kappa shape index (κ1) is 22.3. The average molecular weight is 485 g/mol. The van der Waals surface area contributed by atoms with Crippen LogP contribution in [0.5, 0.6) is 11.5 Å². The van der Waals surface area contributed by atoms with E-state index in [4.69, 9.17) is 9.47 Å². The van der Waals surface area contributed by atoms with E-state index in [9.17, 15) is 14.4 Å². The Hall–Kier alpha value is -3.39. The number of carbonyl (C=O) groups is 3. The molecule has 1 aliphatic heterocycles. The molecule has 0 radical (unpaired) electrons. The van der Waals surface area contributed by atoms with Crippen LogP contribution in [0.15, 0.2) is 53.0 Å². The smallest absolute Gasteiger partial charge is 0.335 e. The van der Waals surface area contributed by atoms with Crippen LogP contribution < -0.4 is 19.7 Å². The lowest BCUT2D eigenvalue weighted by Gasteiger charge is -2.27. The van der Waals surface area contributed by atoms with Crippen molar-refractivity contribution in [2.75, 3.05) is 18.6 Å². The summed E-state index contributed by atoms with van der Waals surface area (Å²) in [7, 11) is 1.48. The third-order valence-corrected chi connectivity index (χ3v) is 5.35. The minimum atomic E-state index is -0.790. The van der Waals surface area contributed by atoms with Crippen LogP contribution in [0.3, 0.4) is 0 Å². The maximum Gasteiger partial charge on any atom is 0.335 e. The second-order valence-corrected chi connectivity index (χ2v) is 7.71. The van der Waals surface area contributed by atoms with E-state index in [-0.39, 0.29) is 12.2 Å². The van der Waals surface area contributed by atoms with Gasteiger partial charge < -0.3 is 9.47 Å². The monoisotopic (exact) mass is 484 g/mol. The molecule has 0 atom stereocenters. The van der Waals surface area contributed by atoms with Gasteiger partial charge >= 0.3 is 6.03 Å². The van der Waals surface area contributed by atoms with Gasteiger partial charge in [0.25, 0.3) is 11.8 Å². The third kappa shape index (κ3) is 4.54. The Morgan fingerprint density at radius 1 is 1.13 bits per heavy atom. The number of halogens is 1. The summed E-state index contributed by atoms with van der Waals surface area (Å²) in [6, 6.07) is 7.74. The lowest BCUT2D eigenvalue weighted by Crippen LogP contribution is -2.54. The molecule has 31 heavy (non-hydrogen) atoms. The first-order valence-electron chi connectivity index (χ1n) is 9.36. The topological polar surface area (TPSA) is 84.9 Å². The van der Waals surface area contributed by atoms with Crippen molar-refractivity contribution >= 4 is 45.5 Å². The number of nitrogens with zero attached hydrogens (tertiary/aromatic N) is 1. The van der Waals surface area contributed by atoms with Crippen LogP contribution in [0.1, 0.15) is 16.7 Å². The molecule has 7 nitrogen and oxygen atoms in total. The number of hydrogen-bond acceptors (Lipinski definition) is 5. The first-order chi connectivity index (χ1) is 14.8. The van der Waals surface area contributed by atoms with Crippen LogP contribution in [0.4, 0.5) is 10.5 Å². The molecular formula is C23H21BrN2O5. The van der Waals surface area contributed by atoms with Crippen molar-refractivity contribution in [3.8, 4) is 11.5 Å². The van der Waals surface area contributed by atoms with Gasteiger partial charge in [-0.05, 0) is 76.8 Å². The number of barbiturate groups is 1.